The molecule has 0 aromatic carbocycles. The van der Waals surface area contributed by atoms with E-state index in [2.05, 4.69) is 0 Å². The van der Waals surface area contributed by atoms with E-state index in [1.54, 1.807) is 0 Å². The molecule has 25 heteroatoms. The van der Waals surface area contributed by atoms with Gasteiger partial charge in [-0.05, 0) is 0 Å². The molecule has 0 aliphatic carbocycles. The Bertz CT molecular complexity index is 995. The molecule has 39 heavy (non-hydrogen) atoms. The smallest absolute Gasteiger partial charge is 0.206 e. The highest BCUT2D eigenvalue weighted by molar-refractivity contribution is 7.90. The maximum absolute atomic E-state index is 13.9. The standard InChI is InChI=1S/C14H10F21NO2S/c1-3-36(4-2)39(37,38)14(34,35)12(29,30)10(25,26)8(21,22)6(17,18)5(15,16)7(19,20)9(23,24)11(27,28)13(31,32)33/h3-4H2,1-2H3. The second-order valence-corrected chi connectivity index (χ2v) is 9.18. The summed E-state index contributed by atoms with van der Waals surface area (Å²) in [7, 11) is -7.36. The fraction of sp³-hybridized carbons (Fsp3) is 1.00. The van der Waals surface area contributed by atoms with Crippen molar-refractivity contribution in [3.8, 4) is 0 Å². The van der Waals surface area contributed by atoms with E-state index in [0.29, 0.717) is 13.8 Å². The van der Waals surface area contributed by atoms with Crippen LogP contribution in [0.15, 0.2) is 0 Å². The number of sulfonamides is 1. The lowest BCUT2D eigenvalue weighted by molar-refractivity contribution is -0.472. The van der Waals surface area contributed by atoms with E-state index in [1.807, 2.05) is 0 Å². The molecule has 0 aliphatic rings. The van der Waals surface area contributed by atoms with Gasteiger partial charge < -0.3 is 0 Å². The lowest BCUT2D eigenvalue weighted by atomic mass is 9.87. The number of hydrogen-bond donors (Lipinski definition) is 0. The molecule has 0 atom stereocenters. The first-order chi connectivity index (χ1) is 16.5. The monoisotopic (exact) mass is 655 g/mol. The second-order valence-electron chi connectivity index (χ2n) is 7.20. The summed E-state index contributed by atoms with van der Waals surface area (Å²) in [6, 6.07) is 0. The molecule has 0 bridgehead atoms. The van der Waals surface area contributed by atoms with Crippen LogP contribution in [0.1, 0.15) is 13.8 Å². The largest absolute Gasteiger partial charge is 0.460 e. The quantitative estimate of drug-likeness (QED) is 0.215. The summed E-state index contributed by atoms with van der Waals surface area (Å²) in [6.45, 7) is -1.71. The van der Waals surface area contributed by atoms with Crippen molar-refractivity contribution in [2.24, 2.45) is 0 Å². The van der Waals surface area contributed by atoms with Crippen molar-refractivity contribution in [2.45, 2.75) is 72.7 Å². The molecule has 236 valence electrons. The molecule has 0 rings (SSSR count). The van der Waals surface area contributed by atoms with Crippen molar-refractivity contribution in [2.75, 3.05) is 13.1 Å². The van der Waals surface area contributed by atoms with Crippen molar-refractivity contribution < 1.29 is 101 Å². The minimum absolute atomic E-state index is 0.510. The minimum Gasteiger partial charge on any atom is -0.206 e. The van der Waals surface area contributed by atoms with Crippen LogP contribution in [0.2, 0.25) is 0 Å². The van der Waals surface area contributed by atoms with Gasteiger partial charge in [-0.3, -0.25) is 0 Å². The first kappa shape index (κ1) is 37.4. The summed E-state index contributed by atoms with van der Waals surface area (Å²) in [6.07, 6.45) is -8.06. The van der Waals surface area contributed by atoms with Crippen molar-refractivity contribution in [3.05, 3.63) is 0 Å². The Balaban J connectivity index is 7.31. The van der Waals surface area contributed by atoms with Gasteiger partial charge in [-0.15, -0.1) is 0 Å². The Kier molecular flexibility index (Phi) is 9.11. The zero-order valence-corrected chi connectivity index (χ0v) is 18.8. The van der Waals surface area contributed by atoms with Crippen LogP contribution in [-0.2, 0) is 10.0 Å². The second kappa shape index (κ2) is 9.49. The van der Waals surface area contributed by atoms with Gasteiger partial charge in [0.25, 0.3) is 10.0 Å². The number of rotatable bonds is 12. The van der Waals surface area contributed by atoms with Crippen LogP contribution in [0.4, 0.5) is 92.2 Å². The van der Waals surface area contributed by atoms with E-state index in [0.717, 1.165) is 0 Å². The highest BCUT2D eigenvalue weighted by Crippen LogP contribution is 2.66. The number of nitrogens with zero attached hydrogens (tertiary/aromatic N) is 1. The summed E-state index contributed by atoms with van der Waals surface area (Å²) >= 11 is 0. The van der Waals surface area contributed by atoms with Gasteiger partial charge in [-0.25, -0.2) is 8.42 Å². The van der Waals surface area contributed by atoms with Crippen LogP contribution in [0.25, 0.3) is 0 Å². The van der Waals surface area contributed by atoms with E-state index in [1.165, 1.54) is 0 Å². The maximum Gasteiger partial charge on any atom is 0.460 e. The molecule has 3 nitrogen and oxygen atoms in total. The molecule has 0 amide bonds. The third-order valence-corrected chi connectivity index (χ3v) is 6.95. The average Bonchev–Trinajstić information content (AvgIpc) is 2.72. The summed E-state index contributed by atoms with van der Waals surface area (Å²) in [4.78, 5) is 0. The fourth-order valence-electron chi connectivity index (χ4n) is 2.43. The molecule has 0 aromatic heterocycles. The van der Waals surface area contributed by atoms with Crippen LogP contribution in [0, 0.1) is 0 Å². The third-order valence-electron chi connectivity index (χ3n) is 4.85. The Labute approximate surface area is 201 Å². The molecule has 0 fully saturated rings. The molecule has 0 radical (unpaired) electrons. The molecule has 0 saturated carbocycles. The minimum atomic E-state index is -9.32. The van der Waals surface area contributed by atoms with E-state index >= 15 is 0 Å². The summed E-state index contributed by atoms with van der Waals surface area (Å²) in [5.41, 5.74) is 0. The SMILES string of the molecule is CCN(CC)S(=O)(=O)C(F)(F)C(F)(F)C(F)(F)C(F)(F)C(F)(F)C(F)(F)C(F)(F)C(F)(F)C(F)(F)C(F)(F)F. The Hall–Kier alpha value is -1.56. The number of alkyl halides is 21. The van der Waals surface area contributed by atoms with E-state index in [-0.39, 0.29) is 0 Å². The summed E-state index contributed by atoms with van der Waals surface area (Å²) in [5.74, 6) is -72.0. The maximum atomic E-state index is 13.9. The molecule has 0 N–H and O–H groups in total. The molecule has 0 unspecified atom stereocenters. The van der Waals surface area contributed by atoms with E-state index in [4.69, 9.17) is 0 Å². The van der Waals surface area contributed by atoms with Crippen molar-refractivity contribution in [1.29, 1.82) is 0 Å². The fourth-order valence-corrected chi connectivity index (χ4v) is 3.89. The Morgan fingerprint density at radius 3 is 0.821 bits per heavy atom. The van der Waals surface area contributed by atoms with Gasteiger partial charge in [-0.2, -0.15) is 96.5 Å². The zero-order valence-electron chi connectivity index (χ0n) is 18.0. The normalized spacial score (nSPS) is 16.7. The predicted octanol–water partition coefficient (Wildman–Crippen LogP) is 6.90. The highest BCUT2D eigenvalue weighted by Gasteiger charge is 2.98. The van der Waals surface area contributed by atoms with Gasteiger partial charge in [0, 0.05) is 13.1 Å². The van der Waals surface area contributed by atoms with Crippen LogP contribution >= 0.6 is 0 Å². The molecular formula is C14H10F21NO2S. The van der Waals surface area contributed by atoms with Gasteiger partial charge >= 0.3 is 58.8 Å². The predicted molar refractivity (Wildman–Crippen MR) is 82.4 cm³/mol. The van der Waals surface area contributed by atoms with Crippen molar-refractivity contribution >= 4 is 10.0 Å². The van der Waals surface area contributed by atoms with Crippen LogP contribution in [-0.4, -0.2) is 84.6 Å². The van der Waals surface area contributed by atoms with Crippen LogP contribution in [0.3, 0.4) is 0 Å². The van der Waals surface area contributed by atoms with Crippen LogP contribution < -0.4 is 0 Å². The van der Waals surface area contributed by atoms with Crippen molar-refractivity contribution in [3.63, 3.8) is 0 Å². The van der Waals surface area contributed by atoms with Gasteiger partial charge in [0.2, 0.25) is 0 Å². The lowest BCUT2D eigenvalue weighted by Gasteiger charge is -2.44. The highest BCUT2D eigenvalue weighted by atomic mass is 32.2. The first-order valence-corrected chi connectivity index (χ1v) is 10.4. The average molecular weight is 655 g/mol. The molecule has 0 aliphatic heterocycles. The van der Waals surface area contributed by atoms with E-state index in [9.17, 15) is 101 Å². The van der Waals surface area contributed by atoms with Crippen molar-refractivity contribution in [1.82, 2.24) is 4.31 Å². The number of hydrogen-bond acceptors (Lipinski definition) is 2. The van der Waals surface area contributed by atoms with Gasteiger partial charge in [0.1, 0.15) is 0 Å². The molecule has 0 spiro atoms. The molecule has 0 saturated heterocycles. The van der Waals surface area contributed by atoms with Gasteiger partial charge in [-0.1, -0.05) is 13.8 Å². The molecule has 0 aromatic rings. The Morgan fingerprint density at radius 1 is 0.410 bits per heavy atom. The first-order valence-electron chi connectivity index (χ1n) is 8.99. The lowest BCUT2D eigenvalue weighted by Crippen LogP contribution is -2.77. The summed E-state index contributed by atoms with van der Waals surface area (Å²) in [5, 5.41) is -7.71. The topological polar surface area (TPSA) is 37.4 Å². The van der Waals surface area contributed by atoms with Gasteiger partial charge in [0.05, 0.1) is 0 Å². The molecular weight excluding hydrogens is 645 g/mol. The van der Waals surface area contributed by atoms with E-state index < -0.39 is 86.2 Å². The summed E-state index contributed by atoms with van der Waals surface area (Å²) < 4.78 is 301. The Morgan fingerprint density at radius 2 is 0.615 bits per heavy atom. The molecule has 0 heterocycles. The van der Waals surface area contributed by atoms with Gasteiger partial charge in [0.15, 0.2) is 0 Å². The zero-order chi connectivity index (χ0) is 32.5. The van der Waals surface area contributed by atoms with Crippen LogP contribution in [0.5, 0.6) is 0 Å². The number of halogens is 21. The third kappa shape index (κ3) is 4.46.